The number of nitrogens with one attached hydrogen (secondary N) is 2. The molecule has 0 spiro atoms. The molecule has 0 aliphatic carbocycles. The van der Waals surface area contributed by atoms with Crippen LogP contribution >= 0.6 is 27.7 Å². The van der Waals surface area contributed by atoms with E-state index < -0.39 is 5.25 Å². The van der Waals surface area contributed by atoms with Gasteiger partial charge in [-0.05, 0) is 36.4 Å². The number of benzene rings is 1. The van der Waals surface area contributed by atoms with E-state index in [1.807, 2.05) is 12.1 Å². The first-order valence-electron chi connectivity index (χ1n) is 7.27. The van der Waals surface area contributed by atoms with Gasteiger partial charge in [0.25, 0.3) is 0 Å². The lowest BCUT2D eigenvalue weighted by Crippen LogP contribution is -2.28. The first-order valence-corrected chi connectivity index (χ1v) is 8.95. The van der Waals surface area contributed by atoms with Crippen LogP contribution in [0.15, 0.2) is 61.8 Å². The molecule has 2 N–H and O–H groups in total. The van der Waals surface area contributed by atoms with Gasteiger partial charge in [0, 0.05) is 16.6 Å². The number of anilines is 1. The topological polar surface area (TPSA) is 96.1 Å². The normalized spacial score (nSPS) is 18.7. The highest BCUT2D eigenvalue weighted by atomic mass is 79.9. The summed E-state index contributed by atoms with van der Waals surface area (Å²) in [5, 5.41) is 13.0. The summed E-state index contributed by atoms with van der Waals surface area (Å²) in [5.41, 5.74) is 0.675. The average molecular weight is 421 g/mol. The van der Waals surface area contributed by atoms with Crippen molar-refractivity contribution >= 4 is 56.6 Å². The van der Waals surface area contributed by atoms with Gasteiger partial charge in [-0.3, -0.25) is 9.59 Å². The van der Waals surface area contributed by atoms with Crippen LogP contribution in [0, 0.1) is 0 Å². The van der Waals surface area contributed by atoms with E-state index in [2.05, 4.69) is 36.8 Å². The lowest BCUT2D eigenvalue weighted by molar-refractivity contribution is -0.122. The van der Waals surface area contributed by atoms with Crippen molar-refractivity contribution in [3.63, 3.8) is 0 Å². The molecule has 1 aromatic heterocycles. The Morgan fingerprint density at radius 3 is 2.88 bits per heavy atom. The summed E-state index contributed by atoms with van der Waals surface area (Å²) in [5.74, 6) is 0.0577. The number of thioether (sulfide) groups is 1. The monoisotopic (exact) mass is 420 g/mol. The minimum absolute atomic E-state index is 0.0491. The fraction of sp³-hybridized carbons (Fsp3) is 0.125. The molecule has 1 aliphatic heterocycles. The van der Waals surface area contributed by atoms with Gasteiger partial charge in [-0.25, -0.2) is 0 Å². The zero-order valence-electron chi connectivity index (χ0n) is 12.8. The van der Waals surface area contributed by atoms with Gasteiger partial charge >= 0.3 is 0 Å². The number of carbonyl (C=O) groups excluding carboxylic acids is 2. The van der Waals surface area contributed by atoms with Gasteiger partial charge in [0.1, 0.15) is 11.0 Å². The molecule has 25 heavy (non-hydrogen) atoms. The molecule has 9 heteroatoms. The Balaban J connectivity index is 1.53. The first-order chi connectivity index (χ1) is 12.1. The third kappa shape index (κ3) is 5.04. The Morgan fingerprint density at radius 1 is 1.36 bits per heavy atom. The van der Waals surface area contributed by atoms with Crippen LogP contribution in [0.2, 0.25) is 0 Å². The van der Waals surface area contributed by atoms with Crippen LogP contribution in [0.5, 0.6) is 0 Å². The van der Waals surface area contributed by atoms with E-state index in [0.717, 1.165) is 4.47 Å². The largest absolute Gasteiger partial charge is 0.463 e. The second kappa shape index (κ2) is 8.13. The van der Waals surface area contributed by atoms with Gasteiger partial charge in [-0.1, -0.05) is 27.7 Å². The molecule has 0 radical (unpaired) electrons. The molecule has 7 nitrogen and oxygen atoms in total. The standard InChI is InChI=1S/C16H13BrN4O3S/c17-10-3-5-11(6-4-10)19-14(22)8-13-15(23)20-16(25-13)21-18-9-12-2-1-7-24-12/h1-7,9,13H,8H2,(H,19,22)(H,20,21,23). The minimum atomic E-state index is -0.534. The van der Waals surface area contributed by atoms with Crippen LogP contribution in [-0.4, -0.2) is 28.4 Å². The third-order valence-corrected chi connectivity index (χ3v) is 4.75. The number of hydrogen-bond donors (Lipinski definition) is 2. The van der Waals surface area contributed by atoms with Crippen molar-refractivity contribution in [2.75, 3.05) is 5.32 Å². The minimum Gasteiger partial charge on any atom is -0.463 e. The van der Waals surface area contributed by atoms with Crippen LogP contribution in [0.3, 0.4) is 0 Å². The lowest BCUT2D eigenvalue weighted by Gasteiger charge is -2.07. The summed E-state index contributed by atoms with van der Waals surface area (Å²) in [6, 6.07) is 10.7. The van der Waals surface area contributed by atoms with Crippen molar-refractivity contribution in [2.24, 2.45) is 10.2 Å². The zero-order chi connectivity index (χ0) is 17.6. The molecule has 2 aromatic rings. The van der Waals surface area contributed by atoms with E-state index >= 15 is 0 Å². The number of amides is 2. The van der Waals surface area contributed by atoms with Gasteiger partial charge in [-0.2, -0.15) is 5.10 Å². The van der Waals surface area contributed by atoms with Crippen molar-refractivity contribution in [1.29, 1.82) is 0 Å². The maximum absolute atomic E-state index is 12.1. The molecule has 2 amide bonds. The number of hydrogen-bond acceptors (Lipinski definition) is 6. The molecule has 128 valence electrons. The van der Waals surface area contributed by atoms with Gasteiger partial charge in [0.2, 0.25) is 11.8 Å². The maximum atomic E-state index is 12.1. The molecule has 3 rings (SSSR count). The Hall–Kier alpha value is -2.39. The summed E-state index contributed by atoms with van der Waals surface area (Å²) < 4.78 is 6.01. The van der Waals surface area contributed by atoms with Crippen molar-refractivity contribution in [1.82, 2.24) is 5.32 Å². The van der Waals surface area contributed by atoms with Crippen molar-refractivity contribution in [2.45, 2.75) is 11.7 Å². The number of rotatable bonds is 5. The van der Waals surface area contributed by atoms with Crippen molar-refractivity contribution in [3.05, 3.63) is 52.9 Å². The highest BCUT2D eigenvalue weighted by Crippen LogP contribution is 2.23. The lowest BCUT2D eigenvalue weighted by atomic mass is 10.2. The SMILES string of the molecule is O=C(CC1S/C(=N/N=Cc2ccco2)NC1=O)Nc1ccc(Br)cc1. The molecule has 1 atom stereocenters. The van der Waals surface area contributed by atoms with E-state index in [4.69, 9.17) is 4.42 Å². The molecular formula is C16H13BrN4O3S. The molecule has 1 unspecified atom stereocenters. The molecule has 0 bridgehead atoms. The van der Waals surface area contributed by atoms with E-state index in [1.54, 1.807) is 24.3 Å². The summed E-state index contributed by atoms with van der Waals surface area (Å²) in [7, 11) is 0. The van der Waals surface area contributed by atoms with E-state index in [0.29, 0.717) is 16.6 Å². The predicted molar refractivity (Wildman–Crippen MR) is 101 cm³/mol. The second-order valence-corrected chi connectivity index (χ2v) is 7.13. The molecule has 0 saturated carbocycles. The smallest absolute Gasteiger partial charge is 0.240 e. The van der Waals surface area contributed by atoms with Crippen LogP contribution in [0.1, 0.15) is 12.2 Å². The Morgan fingerprint density at radius 2 is 2.16 bits per heavy atom. The van der Waals surface area contributed by atoms with Crippen LogP contribution < -0.4 is 10.6 Å². The molecule has 1 aromatic carbocycles. The Bertz CT molecular complexity index is 818. The summed E-state index contributed by atoms with van der Waals surface area (Å²) in [6.07, 6.45) is 3.02. The number of nitrogens with zero attached hydrogens (tertiary/aromatic N) is 2. The average Bonchev–Trinajstić information content (AvgIpc) is 3.20. The number of amidine groups is 1. The number of halogens is 1. The van der Waals surface area contributed by atoms with E-state index in [-0.39, 0.29) is 18.2 Å². The fourth-order valence-corrected chi connectivity index (χ4v) is 3.19. The Kier molecular flexibility index (Phi) is 5.67. The van der Waals surface area contributed by atoms with Crippen LogP contribution in [-0.2, 0) is 9.59 Å². The van der Waals surface area contributed by atoms with E-state index in [1.165, 1.54) is 24.2 Å². The summed E-state index contributed by atoms with van der Waals surface area (Å²) in [6.45, 7) is 0. The molecule has 2 heterocycles. The van der Waals surface area contributed by atoms with Crippen LogP contribution in [0.25, 0.3) is 0 Å². The van der Waals surface area contributed by atoms with Gasteiger partial charge in [0.05, 0.1) is 12.5 Å². The molecular weight excluding hydrogens is 408 g/mol. The number of carbonyl (C=O) groups is 2. The molecule has 1 aliphatic rings. The Labute approximate surface area is 156 Å². The van der Waals surface area contributed by atoms with Gasteiger partial charge in [-0.15, -0.1) is 5.10 Å². The second-order valence-electron chi connectivity index (χ2n) is 5.02. The van der Waals surface area contributed by atoms with Gasteiger partial charge < -0.3 is 15.1 Å². The fourth-order valence-electron chi connectivity index (χ4n) is 2.00. The maximum Gasteiger partial charge on any atom is 0.240 e. The van der Waals surface area contributed by atoms with Crippen LogP contribution in [0.4, 0.5) is 5.69 Å². The van der Waals surface area contributed by atoms with Crippen molar-refractivity contribution in [3.8, 4) is 0 Å². The summed E-state index contributed by atoms with van der Waals surface area (Å²) in [4.78, 5) is 24.0. The quantitative estimate of drug-likeness (QED) is 0.573. The van der Waals surface area contributed by atoms with E-state index in [9.17, 15) is 9.59 Å². The highest BCUT2D eigenvalue weighted by Gasteiger charge is 2.32. The summed E-state index contributed by atoms with van der Waals surface area (Å²) >= 11 is 4.50. The third-order valence-electron chi connectivity index (χ3n) is 3.15. The van der Waals surface area contributed by atoms with Crippen molar-refractivity contribution < 1.29 is 14.0 Å². The number of furan rings is 1. The first kappa shape index (κ1) is 17.4. The molecule has 1 saturated heterocycles. The zero-order valence-corrected chi connectivity index (χ0v) is 15.2. The highest BCUT2D eigenvalue weighted by molar-refractivity contribution is 9.10. The van der Waals surface area contributed by atoms with Gasteiger partial charge in [0.15, 0.2) is 5.17 Å². The predicted octanol–water partition coefficient (Wildman–Crippen LogP) is 2.99. The molecule has 1 fully saturated rings.